The topological polar surface area (TPSA) is 49.6 Å². The second kappa shape index (κ2) is 6.52. The van der Waals surface area contributed by atoms with Gasteiger partial charge in [0.25, 0.3) is 5.91 Å². The molecule has 3 heterocycles. The van der Waals surface area contributed by atoms with Crippen molar-refractivity contribution in [3.05, 3.63) is 37.8 Å². The molecule has 1 aliphatic rings. The van der Waals surface area contributed by atoms with E-state index in [9.17, 15) is 4.79 Å². The van der Waals surface area contributed by atoms with Gasteiger partial charge in [0.2, 0.25) is 0 Å². The molecule has 3 rings (SSSR count). The Morgan fingerprint density at radius 3 is 2.59 bits per heavy atom. The van der Waals surface area contributed by atoms with Crippen molar-refractivity contribution in [2.45, 2.75) is 20.4 Å². The number of aromatic nitrogens is 1. The zero-order valence-corrected chi connectivity index (χ0v) is 15.0. The van der Waals surface area contributed by atoms with Crippen molar-refractivity contribution in [3.8, 4) is 0 Å². The highest BCUT2D eigenvalue weighted by atomic mass is 79.9. The van der Waals surface area contributed by atoms with Gasteiger partial charge in [-0.1, -0.05) is 5.16 Å². The Hall–Kier alpha value is -1.18. The lowest BCUT2D eigenvalue weighted by Gasteiger charge is -2.34. The van der Waals surface area contributed by atoms with Gasteiger partial charge in [0, 0.05) is 37.6 Å². The quantitative estimate of drug-likeness (QED) is 0.816. The molecule has 0 aromatic carbocycles. The number of carbonyl (C=O) groups is 1. The van der Waals surface area contributed by atoms with Gasteiger partial charge in [0.1, 0.15) is 11.3 Å². The van der Waals surface area contributed by atoms with Crippen LogP contribution in [0.5, 0.6) is 0 Å². The molecule has 1 fully saturated rings. The molecule has 2 aromatic heterocycles. The van der Waals surface area contributed by atoms with Crippen LogP contribution in [0, 0.1) is 13.8 Å². The predicted octanol–water partition coefficient (Wildman–Crippen LogP) is 3.07. The average Bonchev–Trinajstić information content (AvgIpc) is 3.05. The maximum atomic E-state index is 12.6. The Labute approximate surface area is 142 Å². The summed E-state index contributed by atoms with van der Waals surface area (Å²) in [7, 11) is 0. The molecule has 1 amide bonds. The van der Waals surface area contributed by atoms with Gasteiger partial charge in [0.15, 0.2) is 0 Å². The Balaban J connectivity index is 1.58. The van der Waals surface area contributed by atoms with E-state index in [2.05, 4.69) is 38.1 Å². The Bertz CT molecular complexity index is 655. The van der Waals surface area contributed by atoms with Gasteiger partial charge >= 0.3 is 0 Å². The molecule has 0 radical (unpaired) electrons. The first-order chi connectivity index (χ1) is 10.5. The molecule has 0 aliphatic carbocycles. The summed E-state index contributed by atoms with van der Waals surface area (Å²) in [5, 5.41) is 3.87. The number of aryl methyl sites for hydroxylation is 2. The largest absolute Gasteiger partial charge is 0.361 e. The normalized spacial score (nSPS) is 16.2. The van der Waals surface area contributed by atoms with E-state index in [0.717, 1.165) is 36.5 Å². The molecule has 0 atom stereocenters. The van der Waals surface area contributed by atoms with Crippen LogP contribution in [0.2, 0.25) is 0 Å². The number of amides is 1. The molecule has 7 heteroatoms. The van der Waals surface area contributed by atoms with Gasteiger partial charge in [0.05, 0.1) is 9.48 Å². The van der Waals surface area contributed by atoms with Gasteiger partial charge in [-0.2, -0.15) is 0 Å². The van der Waals surface area contributed by atoms with Crippen molar-refractivity contribution >= 4 is 33.2 Å². The summed E-state index contributed by atoms with van der Waals surface area (Å²) in [5.74, 6) is 0.642. The van der Waals surface area contributed by atoms with Gasteiger partial charge in [-0.25, -0.2) is 0 Å². The Morgan fingerprint density at radius 1 is 1.32 bits per heavy atom. The van der Waals surface area contributed by atoms with Crippen LogP contribution < -0.4 is 0 Å². The first-order valence-electron chi connectivity index (χ1n) is 7.23. The van der Waals surface area contributed by atoms with Gasteiger partial charge in [-0.15, -0.1) is 11.3 Å². The minimum Gasteiger partial charge on any atom is -0.361 e. The molecule has 0 unspecified atom stereocenters. The van der Waals surface area contributed by atoms with Gasteiger partial charge in [-0.05, 0) is 41.9 Å². The van der Waals surface area contributed by atoms with E-state index in [1.165, 1.54) is 4.88 Å². The van der Waals surface area contributed by atoms with E-state index >= 15 is 0 Å². The van der Waals surface area contributed by atoms with Crippen LogP contribution in [0.25, 0.3) is 0 Å². The summed E-state index contributed by atoms with van der Waals surface area (Å²) in [5.41, 5.74) is 1.30. The highest BCUT2D eigenvalue weighted by molar-refractivity contribution is 9.11. The van der Waals surface area contributed by atoms with Crippen LogP contribution in [0.4, 0.5) is 0 Å². The van der Waals surface area contributed by atoms with Gasteiger partial charge in [-0.3, -0.25) is 9.69 Å². The first-order valence-corrected chi connectivity index (χ1v) is 8.84. The molecule has 0 N–H and O–H groups in total. The van der Waals surface area contributed by atoms with Crippen molar-refractivity contribution in [3.63, 3.8) is 0 Å². The summed E-state index contributed by atoms with van der Waals surface area (Å²) < 4.78 is 6.26. The lowest BCUT2D eigenvalue weighted by molar-refractivity contribution is 0.0627. The molecule has 0 bridgehead atoms. The van der Waals surface area contributed by atoms with Crippen LogP contribution in [-0.2, 0) is 6.54 Å². The van der Waals surface area contributed by atoms with Crippen LogP contribution >= 0.6 is 27.3 Å². The molecular formula is C15H18BrN3O2S. The molecular weight excluding hydrogens is 366 g/mol. The summed E-state index contributed by atoms with van der Waals surface area (Å²) in [6, 6.07) is 4.23. The number of nitrogens with zero attached hydrogens (tertiary/aromatic N) is 3. The number of halogens is 1. The van der Waals surface area contributed by atoms with Crippen molar-refractivity contribution in [1.82, 2.24) is 15.0 Å². The maximum absolute atomic E-state index is 12.6. The zero-order chi connectivity index (χ0) is 15.7. The van der Waals surface area contributed by atoms with Gasteiger partial charge < -0.3 is 9.42 Å². The summed E-state index contributed by atoms with van der Waals surface area (Å²) in [6.45, 7) is 7.83. The number of thiophene rings is 1. The first kappa shape index (κ1) is 15.7. The molecule has 2 aromatic rings. The van der Waals surface area contributed by atoms with Crippen LogP contribution in [-0.4, -0.2) is 47.0 Å². The second-order valence-corrected chi connectivity index (χ2v) is 8.02. The zero-order valence-electron chi connectivity index (χ0n) is 12.6. The third-order valence-corrected chi connectivity index (χ3v) is 5.52. The fraction of sp³-hybridized carbons (Fsp3) is 0.467. The van der Waals surface area contributed by atoms with Crippen LogP contribution in [0.3, 0.4) is 0 Å². The highest BCUT2D eigenvalue weighted by Gasteiger charge is 2.26. The summed E-state index contributed by atoms with van der Waals surface area (Å²) in [6.07, 6.45) is 0. The van der Waals surface area contributed by atoms with E-state index in [4.69, 9.17) is 4.52 Å². The van der Waals surface area contributed by atoms with Crippen LogP contribution in [0.1, 0.15) is 26.7 Å². The van der Waals surface area contributed by atoms with E-state index in [1.807, 2.05) is 11.8 Å². The third-order valence-electron chi connectivity index (χ3n) is 3.92. The van der Waals surface area contributed by atoms with E-state index < -0.39 is 0 Å². The molecule has 118 valence electrons. The molecule has 1 aliphatic heterocycles. The number of carbonyl (C=O) groups excluding carboxylic acids is 1. The maximum Gasteiger partial charge on any atom is 0.259 e. The van der Waals surface area contributed by atoms with E-state index in [1.54, 1.807) is 18.3 Å². The molecule has 1 saturated heterocycles. The minimum absolute atomic E-state index is 0.0368. The standard InChI is InChI=1S/C15H18BrN3O2S/c1-10-14(11(2)21-17-10)15(20)19-7-5-18(6-8-19)9-12-3-4-13(16)22-12/h3-4H,5-9H2,1-2H3. The SMILES string of the molecule is Cc1noc(C)c1C(=O)N1CCN(Cc2ccc(Br)s2)CC1. The Kier molecular flexibility index (Phi) is 4.65. The fourth-order valence-electron chi connectivity index (χ4n) is 2.71. The lowest BCUT2D eigenvalue weighted by Crippen LogP contribution is -2.48. The molecule has 0 saturated carbocycles. The van der Waals surface area contributed by atoms with Crippen molar-refractivity contribution < 1.29 is 9.32 Å². The average molecular weight is 384 g/mol. The fourth-order valence-corrected chi connectivity index (χ4v) is 4.24. The third kappa shape index (κ3) is 3.26. The smallest absolute Gasteiger partial charge is 0.259 e. The summed E-state index contributed by atoms with van der Waals surface area (Å²) >= 11 is 5.26. The van der Waals surface area contributed by atoms with Crippen molar-refractivity contribution in [2.24, 2.45) is 0 Å². The second-order valence-electron chi connectivity index (χ2n) is 5.47. The number of hydrogen-bond acceptors (Lipinski definition) is 5. The van der Waals surface area contributed by atoms with Crippen molar-refractivity contribution in [1.29, 1.82) is 0 Å². The molecule has 5 nitrogen and oxygen atoms in total. The molecule has 22 heavy (non-hydrogen) atoms. The lowest BCUT2D eigenvalue weighted by atomic mass is 10.1. The highest BCUT2D eigenvalue weighted by Crippen LogP contribution is 2.24. The van der Waals surface area contributed by atoms with Crippen molar-refractivity contribution in [2.75, 3.05) is 26.2 Å². The number of hydrogen-bond donors (Lipinski definition) is 0. The van der Waals surface area contributed by atoms with Crippen LogP contribution in [0.15, 0.2) is 20.4 Å². The van der Waals surface area contributed by atoms with E-state index in [-0.39, 0.29) is 5.91 Å². The number of piperazine rings is 1. The summed E-state index contributed by atoms with van der Waals surface area (Å²) in [4.78, 5) is 18.2. The van der Waals surface area contributed by atoms with E-state index in [0.29, 0.717) is 17.0 Å². The Morgan fingerprint density at radius 2 is 2.05 bits per heavy atom. The molecule has 0 spiro atoms. The minimum atomic E-state index is 0.0368. The number of rotatable bonds is 3. The monoisotopic (exact) mass is 383 g/mol. The predicted molar refractivity (Wildman–Crippen MR) is 89.2 cm³/mol.